The van der Waals surface area contributed by atoms with Crippen LogP contribution in [0.4, 0.5) is 23.3 Å². The van der Waals surface area contributed by atoms with Crippen LogP contribution in [0.5, 0.6) is 5.75 Å². The van der Waals surface area contributed by atoms with Crippen LogP contribution in [0.25, 0.3) is 0 Å². The molecule has 0 spiro atoms. The summed E-state index contributed by atoms with van der Waals surface area (Å²) in [5.74, 6) is 1.77. The SMILES string of the molecule is CCCCCCOc1ccc(Nc2nc(NN=C(C)c3ccc(S(C)(=O)=O)cc3)cc(NN=C(C)c3ccc(S(C)(=O)=O)cc3)n2)cc1. The molecule has 1 aromatic heterocycles. The summed E-state index contributed by atoms with van der Waals surface area (Å²) in [6.45, 7) is 6.43. The van der Waals surface area contributed by atoms with E-state index in [4.69, 9.17) is 4.74 Å². The molecule has 0 amide bonds. The maximum Gasteiger partial charge on any atom is 0.231 e. The van der Waals surface area contributed by atoms with Crippen molar-refractivity contribution in [1.82, 2.24) is 9.97 Å². The van der Waals surface area contributed by atoms with Crippen LogP contribution in [0, 0.1) is 0 Å². The van der Waals surface area contributed by atoms with Crippen molar-refractivity contribution in [3.8, 4) is 5.75 Å². The molecule has 4 rings (SSSR count). The number of nitrogens with zero attached hydrogens (tertiary/aromatic N) is 4. The van der Waals surface area contributed by atoms with Crippen LogP contribution in [-0.4, -0.2) is 57.3 Å². The molecule has 0 atom stereocenters. The number of nitrogens with one attached hydrogen (secondary N) is 3. The van der Waals surface area contributed by atoms with Crippen LogP contribution in [0.2, 0.25) is 0 Å². The predicted octanol–water partition coefficient (Wildman–Crippen LogP) is 6.66. The van der Waals surface area contributed by atoms with Gasteiger partial charge in [-0.25, -0.2) is 16.8 Å². The summed E-state index contributed by atoms with van der Waals surface area (Å²) in [5, 5.41) is 12.1. The fraction of sp³-hybridized carbons (Fsp3) is 0.294. The highest BCUT2D eigenvalue weighted by molar-refractivity contribution is 7.91. The number of rotatable bonds is 16. The Labute approximate surface area is 282 Å². The van der Waals surface area contributed by atoms with Crippen LogP contribution >= 0.6 is 0 Å². The topological polar surface area (TPSA) is 164 Å². The quantitative estimate of drug-likeness (QED) is 0.0658. The number of ether oxygens (including phenoxy) is 1. The average Bonchev–Trinajstić information content (AvgIpc) is 3.06. The van der Waals surface area contributed by atoms with Crippen LogP contribution < -0.4 is 20.9 Å². The van der Waals surface area contributed by atoms with Gasteiger partial charge in [0.15, 0.2) is 31.3 Å². The van der Waals surface area contributed by atoms with Gasteiger partial charge in [-0.05, 0) is 79.9 Å². The van der Waals surface area contributed by atoms with Crippen molar-refractivity contribution >= 4 is 54.4 Å². The maximum atomic E-state index is 11.8. The molecule has 48 heavy (non-hydrogen) atoms. The van der Waals surface area contributed by atoms with E-state index in [1.807, 2.05) is 24.3 Å². The lowest BCUT2D eigenvalue weighted by molar-refractivity contribution is 0.305. The summed E-state index contributed by atoms with van der Waals surface area (Å²) in [4.78, 5) is 9.58. The van der Waals surface area contributed by atoms with Crippen molar-refractivity contribution < 1.29 is 21.6 Å². The van der Waals surface area contributed by atoms with E-state index in [2.05, 4.69) is 43.3 Å². The van der Waals surface area contributed by atoms with Crippen LogP contribution in [-0.2, 0) is 19.7 Å². The first-order valence-corrected chi connectivity index (χ1v) is 19.2. The lowest BCUT2D eigenvalue weighted by Crippen LogP contribution is -2.07. The molecule has 14 heteroatoms. The van der Waals surface area contributed by atoms with Gasteiger partial charge in [-0.3, -0.25) is 10.9 Å². The molecule has 4 aromatic rings. The smallest absolute Gasteiger partial charge is 0.231 e. The molecule has 0 fully saturated rings. The number of hydrazone groups is 2. The number of sulfone groups is 2. The molecule has 0 aliphatic carbocycles. The molecule has 3 N–H and O–H groups in total. The van der Waals surface area contributed by atoms with Gasteiger partial charge in [-0.15, -0.1) is 0 Å². The van der Waals surface area contributed by atoms with Crippen LogP contribution in [0.3, 0.4) is 0 Å². The highest BCUT2D eigenvalue weighted by Crippen LogP contribution is 2.22. The van der Waals surface area contributed by atoms with Gasteiger partial charge < -0.3 is 10.1 Å². The Hall–Kier alpha value is -4.82. The van der Waals surface area contributed by atoms with E-state index >= 15 is 0 Å². The van der Waals surface area contributed by atoms with Crippen molar-refractivity contribution in [2.75, 3.05) is 35.3 Å². The summed E-state index contributed by atoms with van der Waals surface area (Å²) in [7, 11) is -6.62. The highest BCUT2D eigenvalue weighted by atomic mass is 32.2. The van der Waals surface area contributed by atoms with E-state index in [0.29, 0.717) is 29.7 Å². The molecule has 0 aliphatic heterocycles. The fourth-order valence-corrected chi connectivity index (χ4v) is 5.66. The molecule has 3 aromatic carbocycles. The Bertz CT molecular complexity index is 1850. The average molecular weight is 692 g/mol. The zero-order chi connectivity index (χ0) is 34.7. The van der Waals surface area contributed by atoms with Gasteiger partial charge >= 0.3 is 0 Å². The molecular formula is C34H41N7O5S2. The van der Waals surface area contributed by atoms with Crippen molar-refractivity contribution in [1.29, 1.82) is 0 Å². The minimum Gasteiger partial charge on any atom is -0.494 e. The standard InChI is InChI=1S/C34H41N7O5S2/c1-6-7-8-9-22-46-29-16-14-28(15-17-29)35-34-36-32(40-38-24(2)26-10-18-30(19-11-26)47(4,42)43)23-33(37-34)41-39-25(3)27-12-20-31(21-13-27)48(5,44)45/h10-21,23H,6-9,22H2,1-5H3,(H3,35,36,37,40,41). The summed E-state index contributed by atoms with van der Waals surface area (Å²) in [5.41, 5.74) is 9.33. The van der Waals surface area contributed by atoms with E-state index in [9.17, 15) is 16.8 Å². The predicted molar refractivity (Wildman–Crippen MR) is 192 cm³/mol. The third-order valence-electron chi connectivity index (χ3n) is 7.18. The van der Waals surface area contributed by atoms with E-state index < -0.39 is 19.7 Å². The first-order chi connectivity index (χ1) is 22.8. The van der Waals surface area contributed by atoms with E-state index in [-0.39, 0.29) is 15.7 Å². The number of aromatic nitrogens is 2. The normalized spacial score (nSPS) is 12.4. The molecule has 0 radical (unpaired) electrons. The Morgan fingerprint density at radius 1 is 0.688 bits per heavy atom. The molecule has 0 bridgehead atoms. The highest BCUT2D eigenvalue weighted by Gasteiger charge is 2.10. The van der Waals surface area contributed by atoms with Crippen molar-refractivity contribution in [2.24, 2.45) is 10.2 Å². The monoisotopic (exact) mass is 691 g/mol. The maximum absolute atomic E-state index is 11.8. The Balaban J connectivity index is 1.54. The van der Waals surface area contributed by atoms with Gasteiger partial charge in [0.1, 0.15) is 5.75 Å². The van der Waals surface area contributed by atoms with Gasteiger partial charge in [0.05, 0.1) is 27.8 Å². The Kier molecular flexibility index (Phi) is 12.3. The van der Waals surface area contributed by atoms with Gasteiger partial charge in [0.25, 0.3) is 0 Å². The van der Waals surface area contributed by atoms with Crippen molar-refractivity contribution in [3.63, 3.8) is 0 Å². The van der Waals surface area contributed by atoms with Crippen molar-refractivity contribution in [3.05, 3.63) is 90.0 Å². The number of hydrogen-bond acceptors (Lipinski definition) is 12. The first-order valence-electron chi connectivity index (χ1n) is 15.4. The van der Waals surface area contributed by atoms with Crippen molar-refractivity contribution in [2.45, 2.75) is 56.2 Å². The van der Waals surface area contributed by atoms with E-state index in [1.54, 1.807) is 44.2 Å². The minimum absolute atomic E-state index is 0.225. The lowest BCUT2D eigenvalue weighted by atomic mass is 10.1. The summed E-state index contributed by atoms with van der Waals surface area (Å²) in [6.07, 6.45) is 6.86. The largest absolute Gasteiger partial charge is 0.494 e. The fourth-order valence-electron chi connectivity index (χ4n) is 4.40. The first kappa shape index (κ1) is 36.0. The zero-order valence-corrected chi connectivity index (χ0v) is 29.3. The van der Waals surface area contributed by atoms with Gasteiger partial charge in [-0.1, -0.05) is 50.5 Å². The Morgan fingerprint density at radius 2 is 1.17 bits per heavy atom. The molecule has 1 heterocycles. The summed E-state index contributed by atoms with van der Waals surface area (Å²) in [6, 6.07) is 22.1. The van der Waals surface area contributed by atoms with Crippen LogP contribution in [0.15, 0.2) is 98.9 Å². The minimum atomic E-state index is -3.31. The Morgan fingerprint density at radius 3 is 1.60 bits per heavy atom. The number of unbranched alkanes of at least 4 members (excludes halogenated alkanes) is 3. The number of benzene rings is 3. The summed E-state index contributed by atoms with van der Waals surface area (Å²) >= 11 is 0. The molecule has 0 aliphatic rings. The van der Waals surface area contributed by atoms with Gasteiger partial charge in [0, 0.05) is 24.3 Å². The second-order valence-corrected chi connectivity index (χ2v) is 15.3. The van der Waals surface area contributed by atoms with Gasteiger partial charge in [-0.2, -0.15) is 20.2 Å². The molecule has 12 nitrogen and oxygen atoms in total. The summed E-state index contributed by atoms with van der Waals surface area (Å²) < 4.78 is 53.2. The number of hydrogen-bond donors (Lipinski definition) is 3. The second-order valence-electron chi connectivity index (χ2n) is 11.2. The molecule has 0 unspecified atom stereocenters. The molecule has 0 saturated carbocycles. The third-order valence-corrected chi connectivity index (χ3v) is 9.44. The zero-order valence-electron chi connectivity index (χ0n) is 27.7. The molecular weight excluding hydrogens is 651 g/mol. The second kappa shape index (κ2) is 16.3. The third kappa shape index (κ3) is 10.9. The molecule has 254 valence electrons. The van der Waals surface area contributed by atoms with Crippen LogP contribution in [0.1, 0.15) is 57.6 Å². The van der Waals surface area contributed by atoms with Gasteiger partial charge in [0.2, 0.25) is 5.95 Å². The lowest BCUT2D eigenvalue weighted by Gasteiger charge is -2.11. The number of anilines is 4. The molecule has 0 saturated heterocycles. The van der Waals surface area contributed by atoms with E-state index in [1.165, 1.54) is 37.1 Å². The van der Waals surface area contributed by atoms with E-state index in [0.717, 1.165) is 47.9 Å².